The molecule has 318 valence electrons. The summed E-state index contributed by atoms with van der Waals surface area (Å²) >= 11 is 0. The first-order chi connectivity index (χ1) is 35.7. The van der Waals surface area contributed by atoms with E-state index in [4.69, 9.17) is 30.6 Å². The summed E-state index contributed by atoms with van der Waals surface area (Å²) in [6.45, 7) is -2.00. The normalized spacial score (nSPS) is 19.6. The summed E-state index contributed by atoms with van der Waals surface area (Å²) in [6, 6.07) is 38.4. The summed E-state index contributed by atoms with van der Waals surface area (Å²) in [5.41, 5.74) is 7.77. The third-order valence-electron chi connectivity index (χ3n) is 13.0. The number of pyridine rings is 3. The summed E-state index contributed by atoms with van der Waals surface area (Å²) in [5, 5.41) is 0.994. The van der Waals surface area contributed by atoms with Crippen LogP contribution in [0, 0.1) is 45.7 Å². The van der Waals surface area contributed by atoms with Crippen molar-refractivity contribution < 1.29 is 25.6 Å². The lowest BCUT2D eigenvalue weighted by Crippen LogP contribution is -2.27. The van der Waals surface area contributed by atoms with Crippen molar-refractivity contribution in [2.75, 3.05) is 0 Å². The van der Waals surface area contributed by atoms with Gasteiger partial charge in [-0.1, -0.05) is 99.6 Å². The highest BCUT2D eigenvalue weighted by Crippen LogP contribution is 2.48. The van der Waals surface area contributed by atoms with Gasteiger partial charge in [-0.15, -0.1) is 0 Å². The molecule has 0 spiro atoms. The minimum atomic E-state index is -2.84. The Morgan fingerprint density at radius 3 is 2.05 bits per heavy atom. The van der Waals surface area contributed by atoms with E-state index in [0.29, 0.717) is 39.1 Å². The van der Waals surface area contributed by atoms with Crippen LogP contribution >= 0.6 is 0 Å². The molecule has 0 saturated heterocycles. The zero-order valence-electron chi connectivity index (χ0n) is 48.2. The van der Waals surface area contributed by atoms with Crippen LogP contribution in [0.4, 0.5) is 0 Å². The third-order valence-corrected chi connectivity index (χ3v) is 13.0. The number of hydrogen-bond acceptors (Lipinski definition) is 5. The van der Waals surface area contributed by atoms with E-state index < -0.39 is 38.5 Å². The van der Waals surface area contributed by atoms with Gasteiger partial charge in [0.1, 0.15) is 17.1 Å². The Kier molecular flexibility index (Phi) is 7.54. The molecule has 9 aromatic rings. The lowest BCUT2D eigenvalue weighted by molar-refractivity contribution is 0.167. The number of benzene rings is 5. The number of aryl methyl sites for hydroxylation is 4. The zero-order valence-corrected chi connectivity index (χ0v) is 36.2. The topological polar surface area (TPSA) is 61.0 Å². The predicted molar refractivity (Wildman–Crippen MR) is 264 cm³/mol. The molecule has 5 aromatic carbocycles. The SMILES string of the molecule is [2H]C([2H])([2H])c1ccc2c(n1)oc1c(-c3cc(C4CCC(C)(C)CC4C)c(C)cn3)cc(Oc3cc(-c4cc(C([2H])([2H])[2H])c(C([2H])([2H])[2H])cn4)cc(-c4ccc(-c5ccc(-c6ccccc6)cc5)cc4)c3C([2H])([2H])[2H])cc12. The van der Waals surface area contributed by atoms with Crippen molar-refractivity contribution in [1.29, 1.82) is 0 Å². The second-order valence-corrected chi connectivity index (χ2v) is 18.1. The van der Waals surface area contributed by atoms with Crippen LogP contribution in [0.1, 0.15) is 95.9 Å². The summed E-state index contributed by atoms with van der Waals surface area (Å²) in [4.78, 5) is 13.9. The number of fused-ring (bicyclic) bond motifs is 3. The molecular weight excluding hydrogens is 783 g/mol. The highest BCUT2D eigenvalue weighted by atomic mass is 16.5. The fraction of sp³-hybridized carbons (Fsp3) is 0.237. The minimum Gasteiger partial charge on any atom is -0.457 e. The average Bonchev–Trinajstić information content (AvgIpc) is 3.74. The van der Waals surface area contributed by atoms with Crippen LogP contribution in [0.5, 0.6) is 11.5 Å². The molecule has 1 aliphatic rings. The first kappa shape index (κ1) is 29.5. The molecule has 0 bridgehead atoms. The standard InChI is InChI=1S/C59H55N3O2/c1-35-26-54(60-33-37(35)3)46-27-51(45-21-19-44(20-22-45)43-17-15-42(16-18-43)41-12-10-9-11-13-41)40(6)56(28-46)63-47-29-52-49-23-14-39(5)62-58(49)64-57(52)53(30-47)55-31-50(38(4)34-61-55)48-24-25-59(7,8)32-36(48)2/h9-23,26-31,33-34,36,48H,24-25,32H2,1-8H3/i1D3,3D3,5D3,6D3. The second-order valence-electron chi connectivity index (χ2n) is 18.1. The summed E-state index contributed by atoms with van der Waals surface area (Å²) in [7, 11) is 0. The van der Waals surface area contributed by atoms with E-state index in [1.807, 2.05) is 85.1 Å². The van der Waals surface area contributed by atoms with Gasteiger partial charge in [-0.2, -0.15) is 0 Å². The monoisotopic (exact) mass is 850 g/mol. The summed E-state index contributed by atoms with van der Waals surface area (Å²) < 4.78 is 114. The van der Waals surface area contributed by atoms with Crippen molar-refractivity contribution in [3.05, 3.63) is 173 Å². The maximum atomic E-state index is 9.09. The Balaban J connectivity index is 1.17. The number of ether oxygens (including phenoxy) is 1. The number of hydrogen-bond donors (Lipinski definition) is 0. The van der Waals surface area contributed by atoms with Crippen molar-refractivity contribution in [1.82, 2.24) is 15.0 Å². The van der Waals surface area contributed by atoms with Gasteiger partial charge in [0.2, 0.25) is 5.71 Å². The molecule has 10 rings (SSSR count). The van der Waals surface area contributed by atoms with Crippen molar-refractivity contribution in [3.8, 4) is 67.4 Å². The first-order valence-corrected chi connectivity index (χ1v) is 21.7. The van der Waals surface area contributed by atoms with Crippen molar-refractivity contribution >= 4 is 22.1 Å². The van der Waals surface area contributed by atoms with E-state index in [-0.39, 0.29) is 56.6 Å². The van der Waals surface area contributed by atoms with Crippen LogP contribution in [0.15, 0.2) is 144 Å². The summed E-state index contributed by atoms with van der Waals surface area (Å²) in [5.74, 6) is 0.717. The molecule has 64 heavy (non-hydrogen) atoms. The summed E-state index contributed by atoms with van der Waals surface area (Å²) in [6.07, 6.45) is 5.99. The van der Waals surface area contributed by atoms with E-state index in [1.165, 1.54) is 18.2 Å². The third kappa shape index (κ3) is 7.89. The fourth-order valence-electron chi connectivity index (χ4n) is 9.62. The van der Waals surface area contributed by atoms with Gasteiger partial charge in [-0.05, 0) is 181 Å². The van der Waals surface area contributed by atoms with Crippen molar-refractivity contribution in [3.63, 3.8) is 0 Å². The Morgan fingerprint density at radius 1 is 0.641 bits per heavy atom. The molecule has 1 fully saturated rings. The van der Waals surface area contributed by atoms with Crippen LogP contribution in [0.25, 0.3) is 78.0 Å². The Morgan fingerprint density at radius 2 is 1.34 bits per heavy atom. The molecule has 1 aliphatic carbocycles. The molecule has 0 aliphatic heterocycles. The molecular formula is C59H55N3O2. The van der Waals surface area contributed by atoms with Gasteiger partial charge in [0, 0.05) is 56.4 Å². The maximum absolute atomic E-state index is 9.09. The lowest BCUT2D eigenvalue weighted by atomic mass is 9.65. The van der Waals surface area contributed by atoms with E-state index in [1.54, 1.807) is 24.3 Å². The van der Waals surface area contributed by atoms with Crippen LogP contribution in [-0.4, -0.2) is 15.0 Å². The lowest BCUT2D eigenvalue weighted by Gasteiger charge is -2.40. The van der Waals surface area contributed by atoms with Crippen LogP contribution < -0.4 is 4.74 Å². The largest absolute Gasteiger partial charge is 0.457 e. The van der Waals surface area contributed by atoms with E-state index in [2.05, 4.69) is 43.7 Å². The van der Waals surface area contributed by atoms with E-state index in [0.717, 1.165) is 58.8 Å². The van der Waals surface area contributed by atoms with Crippen molar-refractivity contribution in [2.45, 2.75) is 80.3 Å². The maximum Gasteiger partial charge on any atom is 0.227 e. The van der Waals surface area contributed by atoms with Gasteiger partial charge in [0.25, 0.3) is 0 Å². The number of aromatic nitrogens is 3. The van der Waals surface area contributed by atoms with E-state index in [9.17, 15) is 0 Å². The molecule has 4 heterocycles. The predicted octanol–water partition coefficient (Wildman–Crippen LogP) is 16.4. The highest BCUT2D eigenvalue weighted by molar-refractivity contribution is 6.09. The first-order valence-electron chi connectivity index (χ1n) is 27.7. The Bertz CT molecular complexity index is 3650. The number of rotatable bonds is 8. The molecule has 0 N–H and O–H groups in total. The molecule has 0 radical (unpaired) electrons. The quantitative estimate of drug-likeness (QED) is 0.152. The van der Waals surface area contributed by atoms with Gasteiger partial charge in [-0.3, -0.25) is 9.97 Å². The molecule has 4 aromatic heterocycles. The fourth-order valence-corrected chi connectivity index (χ4v) is 9.62. The molecule has 5 nitrogen and oxygen atoms in total. The second kappa shape index (κ2) is 16.4. The van der Waals surface area contributed by atoms with Gasteiger partial charge >= 0.3 is 0 Å². The zero-order chi connectivity index (χ0) is 54.3. The molecule has 2 atom stereocenters. The molecule has 1 saturated carbocycles. The molecule has 2 unspecified atom stereocenters. The van der Waals surface area contributed by atoms with Crippen LogP contribution in [0.3, 0.4) is 0 Å². The number of nitrogens with zero attached hydrogens (tertiary/aromatic N) is 3. The molecule has 5 heteroatoms. The van der Waals surface area contributed by atoms with Gasteiger partial charge in [0.15, 0.2) is 0 Å². The average molecular weight is 850 g/mol. The Hall–Kier alpha value is -6.85. The van der Waals surface area contributed by atoms with E-state index >= 15 is 0 Å². The van der Waals surface area contributed by atoms with Crippen LogP contribution in [0.2, 0.25) is 0 Å². The van der Waals surface area contributed by atoms with Gasteiger partial charge in [0.05, 0.1) is 11.4 Å². The van der Waals surface area contributed by atoms with Gasteiger partial charge < -0.3 is 9.15 Å². The van der Waals surface area contributed by atoms with Crippen LogP contribution in [-0.2, 0) is 0 Å². The van der Waals surface area contributed by atoms with Gasteiger partial charge in [-0.25, -0.2) is 4.98 Å². The minimum absolute atomic E-state index is 0.0715. The Labute approximate surface area is 394 Å². The highest BCUT2D eigenvalue weighted by Gasteiger charge is 2.34. The number of furan rings is 1. The smallest absolute Gasteiger partial charge is 0.227 e. The molecule has 0 amide bonds. The van der Waals surface area contributed by atoms with Crippen molar-refractivity contribution in [2.24, 2.45) is 11.3 Å².